The quantitative estimate of drug-likeness (QED) is 0.362. The predicted molar refractivity (Wildman–Crippen MR) is 151 cm³/mol. The summed E-state index contributed by atoms with van der Waals surface area (Å²) in [4.78, 5) is 25.7. The third-order valence-electron chi connectivity index (χ3n) is 7.72. The van der Waals surface area contributed by atoms with Gasteiger partial charge in [-0.1, -0.05) is 6.07 Å². The van der Waals surface area contributed by atoms with Crippen LogP contribution in [0.5, 0.6) is 5.75 Å². The number of benzene rings is 2. The third kappa shape index (κ3) is 5.17. The van der Waals surface area contributed by atoms with Gasteiger partial charge in [0.15, 0.2) is 11.6 Å². The van der Waals surface area contributed by atoms with E-state index in [0.29, 0.717) is 22.7 Å². The second-order valence-electron chi connectivity index (χ2n) is 10.1. The number of carbonyl (C=O) groups is 1. The summed E-state index contributed by atoms with van der Waals surface area (Å²) in [7, 11) is 1.53. The van der Waals surface area contributed by atoms with Gasteiger partial charge in [-0.3, -0.25) is 14.3 Å². The summed E-state index contributed by atoms with van der Waals surface area (Å²) in [6.45, 7) is 5.66. The maximum absolute atomic E-state index is 15.0. The largest absolute Gasteiger partial charge is 0.497 e. The number of aromatic nitrogens is 3. The fourth-order valence-corrected chi connectivity index (χ4v) is 5.60. The zero-order chi connectivity index (χ0) is 27.6. The SMILES string of the molecule is COc1ccc2c(c1)c(C(N)=O)cn2-c1nc(Nc2cccc(N3CCN(C4CCOCC4)CC3)c2)ncc1F. The molecule has 1 amide bonds. The minimum Gasteiger partial charge on any atom is -0.497 e. The van der Waals surface area contributed by atoms with Crippen LogP contribution in [-0.4, -0.2) is 77.9 Å². The number of nitrogens with one attached hydrogen (secondary N) is 1. The molecule has 2 saturated heterocycles. The first-order chi connectivity index (χ1) is 19.5. The number of amides is 1. The number of rotatable bonds is 7. The van der Waals surface area contributed by atoms with Gasteiger partial charge in [0.05, 0.1) is 24.4 Å². The highest BCUT2D eigenvalue weighted by atomic mass is 19.1. The molecule has 11 heteroatoms. The van der Waals surface area contributed by atoms with E-state index in [-0.39, 0.29) is 17.3 Å². The van der Waals surface area contributed by atoms with Gasteiger partial charge in [0.1, 0.15) is 5.75 Å². The van der Waals surface area contributed by atoms with Crippen molar-refractivity contribution in [3.8, 4) is 11.6 Å². The smallest absolute Gasteiger partial charge is 0.250 e. The fraction of sp³-hybridized carbons (Fsp3) is 0.345. The van der Waals surface area contributed by atoms with Crippen molar-refractivity contribution in [2.45, 2.75) is 18.9 Å². The van der Waals surface area contributed by atoms with Crippen molar-refractivity contribution >= 4 is 34.1 Å². The number of nitrogens with zero attached hydrogens (tertiary/aromatic N) is 5. The van der Waals surface area contributed by atoms with Crippen LogP contribution < -0.4 is 20.7 Å². The molecule has 2 aliphatic rings. The Morgan fingerprint density at radius 1 is 1.12 bits per heavy atom. The van der Waals surface area contributed by atoms with Gasteiger partial charge in [-0.15, -0.1) is 0 Å². The molecule has 4 heterocycles. The third-order valence-corrected chi connectivity index (χ3v) is 7.72. The molecule has 0 spiro atoms. The summed E-state index contributed by atoms with van der Waals surface area (Å²) < 4.78 is 27.3. The number of ether oxygens (including phenoxy) is 2. The van der Waals surface area contributed by atoms with Gasteiger partial charge in [0.2, 0.25) is 5.95 Å². The lowest BCUT2D eigenvalue weighted by Crippen LogP contribution is -2.51. The van der Waals surface area contributed by atoms with Crippen LogP contribution in [0.1, 0.15) is 23.2 Å². The first-order valence-electron chi connectivity index (χ1n) is 13.5. The lowest BCUT2D eigenvalue weighted by molar-refractivity contribution is 0.0321. The Kier molecular flexibility index (Phi) is 7.23. The maximum atomic E-state index is 15.0. The Morgan fingerprint density at radius 2 is 1.93 bits per heavy atom. The van der Waals surface area contributed by atoms with Crippen molar-refractivity contribution in [1.82, 2.24) is 19.4 Å². The highest BCUT2D eigenvalue weighted by molar-refractivity contribution is 6.07. The van der Waals surface area contributed by atoms with E-state index >= 15 is 4.39 Å². The average Bonchev–Trinajstić information content (AvgIpc) is 3.38. The van der Waals surface area contributed by atoms with E-state index in [1.807, 2.05) is 12.1 Å². The first-order valence-corrected chi connectivity index (χ1v) is 13.5. The van der Waals surface area contributed by atoms with E-state index in [1.165, 1.54) is 17.9 Å². The Morgan fingerprint density at radius 3 is 2.67 bits per heavy atom. The molecule has 2 aromatic heterocycles. The van der Waals surface area contributed by atoms with E-state index in [9.17, 15) is 4.79 Å². The van der Waals surface area contributed by atoms with E-state index in [1.54, 1.807) is 18.2 Å². The van der Waals surface area contributed by atoms with Crippen LogP contribution in [0.25, 0.3) is 16.7 Å². The Labute approximate surface area is 231 Å². The molecule has 10 nitrogen and oxygen atoms in total. The molecule has 0 bridgehead atoms. The second kappa shape index (κ2) is 11.1. The molecule has 2 aliphatic heterocycles. The van der Waals surface area contributed by atoms with Gasteiger partial charge >= 0.3 is 0 Å². The lowest BCUT2D eigenvalue weighted by atomic mass is 10.1. The number of methoxy groups -OCH3 is 1. The lowest BCUT2D eigenvalue weighted by Gasteiger charge is -2.41. The number of hydrogen-bond donors (Lipinski definition) is 2. The summed E-state index contributed by atoms with van der Waals surface area (Å²) in [6, 6.07) is 13.8. The molecule has 208 valence electrons. The number of primary amides is 1. The molecule has 3 N–H and O–H groups in total. The predicted octanol–water partition coefficient (Wildman–Crippen LogP) is 3.71. The molecule has 2 aromatic carbocycles. The average molecular weight is 546 g/mol. The molecular weight excluding hydrogens is 513 g/mol. The van der Waals surface area contributed by atoms with Crippen molar-refractivity contribution in [3.63, 3.8) is 0 Å². The molecule has 6 rings (SSSR count). The van der Waals surface area contributed by atoms with Crippen LogP contribution in [0.4, 0.5) is 21.7 Å². The Hall–Kier alpha value is -4.22. The highest BCUT2D eigenvalue weighted by Gasteiger charge is 2.26. The van der Waals surface area contributed by atoms with E-state index in [2.05, 4.69) is 37.2 Å². The number of anilines is 3. The van der Waals surface area contributed by atoms with Crippen LogP contribution in [0.2, 0.25) is 0 Å². The van der Waals surface area contributed by atoms with Gasteiger partial charge in [-0.05, 0) is 49.2 Å². The number of piperazine rings is 1. The van der Waals surface area contributed by atoms with Crippen LogP contribution in [0, 0.1) is 5.82 Å². The second-order valence-corrected chi connectivity index (χ2v) is 10.1. The van der Waals surface area contributed by atoms with Gasteiger partial charge in [-0.2, -0.15) is 4.98 Å². The number of fused-ring (bicyclic) bond motifs is 1. The first kappa shape index (κ1) is 26.0. The standard InChI is InChI=1S/C29H32FN7O3/c1-39-22-5-6-26-23(16-22)24(27(31)38)18-37(26)28-25(30)17-32-29(34-28)33-19-3-2-4-21(15-19)36-11-9-35(10-12-36)20-7-13-40-14-8-20/h2-6,15-18,20H,7-14H2,1H3,(H2,31,38)(H,32,33,34). The van der Waals surface area contributed by atoms with Gasteiger partial charge in [-0.25, -0.2) is 9.37 Å². The number of halogens is 1. The van der Waals surface area contributed by atoms with Crippen LogP contribution in [0.3, 0.4) is 0 Å². The fourth-order valence-electron chi connectivity index (χ4n) is 5.60. The molecule has 0 radical (unpaired) electrons. The summed E-state index contributed by atoms with van der Waals surface area (Å²) >= 11 is 0. The van der Waals surface area contributed by atoms with Crippen molar-refractivity contribution < 1.29 is 18.7 Å². The summed E-state index contributed by atoms with van der Waals surface area (Å²) in [5, 5.41) is 3.76. The summed E-state index contributed by atoms with van der Waals surface area (Å²) in [5.74, 6) is -0.474. The van der Waals surface area contributed by atoms with E-state index in [4.69, 9.17) is 15.2 Å². The maximum Gasteiger partial charge on any atom is 0.250 e. The summed E-state index contributed by atoms with van der Waals surface area (Å²) in [5.41, 5.74) is 8.32. The molecule has 0 unspecified atom stereocenters. The monoisotopic (exact) mass is 545 g/mol. The molecular formula is C29H32FN7O3. The Balaban J connectivity index is 1.22. The molecule has 4 aromatic rings. The van der Waals surface area contributed by atoms with Gasteiger partial charge in [0, 0.05) is 68.4 Å². The Bertz CT molecular complexity index is 1530. The van der Waals surface area contributed by atoms with Gasteiger partial charge < -0.3 is 25.4 Å². The van der Waals surface area contributed by atoms with Crippen molar-refractivity contribution in [2.75, 3.05) is 56.7 Å². The minimum atomic E-state index is -0.634. The molecule has 0 saturated carbocycles. The topological polar surface area (TPSA) is 111 Å². The number of carbonyl (C=O) groups excluding carboxylic acids is 1. The summed E-state index contributed by atoms with van der Waals surface area (Å²) in [6.07, 6.45) is 4.82. The van der Waals surface area contributed by atoms with Crippen molar-refractivity contribution in [2.24, 2.45) is 5.73 Å². The van der Waals surface area contributed by atoms with E-state index < -0.39 is 11.7 Å². The van der Waals surface area contributed by atoms with E-state index in [0.717, 1.165) is 69.8 Å². The van der Waals surface area contributed by atoms with Crippen molar-refractivity contribution in [3.05, 3.63) is 66.2 Å². The number of hydrogen-bond acceptors (Lipinski definition) is 8. The molecule has 0 aliphatic carbocycles. The zero-order valence-corrected chi connectivity index (χ0v) is 22.3. The molecule has 2 fully saturated rings. The zero-order valence-electron chi connectivity index (χ0n) is 22.3. The van der Waals surface area contributed by atoms with Crippen LogP contribution in [-0.2, 0) is 4.74 Å². The van der Waals surface area contributed by atoms with Crippen LogP contribution >= 0.6 is 0 Å². The normalized spacial score (nSPS) is 16.8. The molecule has 0 atom stereocenters. The van der Waals surface area contributed by atoms with Crippen molar-refractivity contribution in [1.29, 1.82) is 0 Å². The van der Waals surface area contributed by atoms with Gasteiger partial charge in [0.25, 0.3) is 5.91 Å². The minimum absolute atomic E-state index is 0.000515. The number of nitrogens with two attached hydrogens (primary N) is 1. The highest BCUT2D eigenvalue weighted by Crippen LogP contribution is 2.30. The molecule has 40 heavy (non-hydrogen) atoms. The van der Waals surface area contributed by atoms with Crippen LogP contribution in [0.15, 0.2) is 54.9 Å².